The van der Waals surface area contributed by atoms with Crippen molar-refractivity contribution in [3.05, 3.63) is 23.8 Å². The van der Waals surface area contributed by atoms with Gasteiger partial charge in [0.05, 0.1) is 23.8 Å². The minimum atomic E-state index is -0.900. The standard InChI is InChI=1S/C23H33N3O8.C8H18N2O.C5H12N2/c1-14(2)22(30)32-13-15-6-7-18(26-20(29)5-3-4-8-25-23(24)31)19(9-15)34-21-11-16(28)10-17(12-27)33-21;1-5(2)7(8(9)11)10-6(3)4;1-7-4-2-6-3-5-7/h6-7,9,12,14,16-17,21,28H,3-5,8,10-11,13H2,1-2H3,(H,26,29)(H3,24,25,31);5-7,10H,1-4H3,(H2,9,11);6H,2-5H2,1H3. The van der Waals surface area contributed by atoms with E-state index < -0.39 is 24.5 Å². The Hall–Kier alpha value is -3.83. The van der Waals surface area contributed by atoms with E-state index in [0.717, 1.165) is 13.1 Å². The number of benzene rings is 1. The molecule has 4 amide bonds. The topological polar surface area (TPSA) is 237 Å². The van der Waals surface area contributed by atoms with Gasteiger partial charge >= 0.3 is 12.0 Å². The van der Waals surface area contributed by atoms with Gasteiger partial charge in [0.25, 0.3) is 0 Å². The number of anilines is 1. The van der Waals surface area contributed by atoms with Gasteiger partial charge in [-0.15, -0.1) is 0 Å². The molecule has 296 valence electrons. The zero-order valence-electron chi connectivity index (χ0n) is 31.9. The predicted octanol–water partition coefficient (Wildman–Crippen LogP) is 1.62. The quantitative estimate of drug-likeness (QED) is 0.0728. The summed E-state index contributed by atoms with van der Waals surface area (Å²) in [6, 6.07) is 4.41. The fourth-order valence-electron chi connectivity index (χ4n) is 4.95. The molecule has 2 heterocycles. The molecule has 0 aromatic heterocycles. The first-order valence-electron chi connectivity index (χ1n) is 18.0. The number of urea groups is 1. The normalized spacial score (nSPS) is 19.3. The number of ether oxygens (including phenoxy) is 3. The summed E-state index contributed by atoms with van der Waals surface area (Å²) in [6.45, 7) is 16.5. The molecule has 0 aliphatic carbocycles. The van der Waals surface area contributed by atoms with Gasteiger partial charge in [-0.05, 0) is 43.5 Å². The van der Waals surface area contributed by atoms with Crippen molar-refractivity contribution in [1.29, 1.82) is 0 Å². The van der Waals surface area contributed by atoms with Crippen LogP contribution in [0.1, 0.15) is 79.2 Å². The maximum absolute atomic E-state index is 12.4. The molecule has 4 atom stereocenters. The molecule has 1 aromatic rings. The molecule has 2 fully saturated rings. The number of nitrogens with zero attached hydrogens (tertiary/aromatic N) is 1. The van der Waals surface area contributed by atoms with Gasteiger partial charge in [0.15, 0.2) is 0 Å². The van der Waals surface area contributed by atoms with Gasteiger partial charge in [-0.3, -0.25) is 14.4 Å². The summed E-state index contributed by atoms with van der Waals surface area (Å²) in [5, 5.41) is 21.6. The van der Waals surface area contributed by atoms with E-state index in [4.69, 9.17) is 25.7 Å². The number of likely N-dealkylation sites (N-methyl/N-ethyl adjacent to an activating group) is 1. The third-order valence-corrected chi connectivity index (χ3v) is 7.83. The zero-order chi connectivity index (χ0) is 39.2. The van der Waals surface area contributed by atoms with Gasteiger partial charge in [0, 0.05) is 58.0 Å². The van der Waals surface area contributed by atoms with Crippen molar-refractivity contribution in [2.75, 3.05) is 45.1 Å². The fraction of sp³-hybridized carbons (Fsp3) is 0.694. The number of aldehydes is 1. The van der Waals surface area contributed by atoms with Crippen LogP contribution in [0.3, 0.4) is 0 Å². The van der Waals surface area contributed by atoms with Crippen LogP contribution in [0.2, 0.25) is 0 Å². The number of rotatable bonds is 16. The minimum Gasteiger partial charge on any atom is -0.463 e. The van der Waals surface area contributed by atoms with Gasteiger partial charge in [-0.25, -0.2) is 4.79 Å². The monoisotopic (exact) mass is 737 g/mol. The van der Waals surface area contributed by atoms with Gasteiger partial charge in [-0.1, -0.05) is 47.6 Å². The average molecular weight is 738 g/mol. The van der Waals surface area contributed by atoms with Crippen molar-refractivity contribution in [2.45, 2.75) is 111 Å². The van der Waals surface area contributed by atoms with Crippen molar-refractivity contribution >= 4 is 35.8 Å². The molecular formula is C36H63N7O9. The summed E-state index contributed by atoms with van der Waals surface area (Å²) >= 11 is 0. The highest BCUT2D eigenvalue weighted by atomic mass is 16.7. The van der Waals surface area contributed by atoms with Crippen LogP contribution in [-0.2, 0) is 35.3 Å². The second kappa shape index (κ2) is 25.2. The summed E-state index contributed by atoms with van der Waals surface area (Å²) in [7, 11) is 2.15. The van der Waals surface area contributed by atoms with Crippen LogP contribution >= 0.6 is 0 Å². The minimum absolute atomic E-state index is 0.0135. The van der Waals surface area contributed by atoms with Crippen molar-refractivity contribution < 1.29 is 43.3 Å². The Bertz CT molecular complexity index is 1240. The molecule has 4 unspecified atom stereocenters. The van der Waals surface area contributed by atoms with E-state index in [-0.39, 0.29) is 67.3 Å². The summed E-state index contributed by atoms with van der Waals surface area (Å²) < 4.78 is 16.7. The summed E-state index contributed by atoms with van der Waals surface area (Å²) in [5.41, 5.74) is 11.2. The highest BCUT2D eigenvalue weighted by molar-refractivity contribution is 5.92. The predicted molar refractivity (Wildman–Crippen MR) is 198 cm³/mol. The zero-order valence-corrected chi connectivity index (χ0v) is 31.9. The Labute approximate surface area is 308 Å². The Kier molecular flexibility index (Phi) is 22.4. The maximum atomic E-state index is 12.4. The third kappa shape index (κ3) is 20.3. The lowest BCUT2D eigenvalue weighted by molar-refractivity contribution is -0.175. The van der Waals surface area contributed by atoms with Crippen molar-refractivity contribution in [1.82, 2.24) is 20.9 Å². The smallest absolute Gasteiger partial charge is 0.312 e. The van der Waals surface area contributed by atoms with Crippen LogP contribution in [0.15, 0.2) is 18.2 Å². The molecule has 16 heteroatoms. The van der Waals surface area contributed by atoms with Gasteiger partial charge in [0.2, 0.25) is 18.1 Å². The van der Waals surface area contributed by atoms with E-state index in [2.05, 4.69) is 33.2 Å². The average Bonchev–Trinajstić information content (AvgIpc) is 3.07. The van der Waals surface area contributed by atoms with E-state index >= 15 is 0 Å². The highest BCUT2D eigenvalue weighted by Gasteiger charge is 2.30. The Morgan fingerprint density at radius 3 is 2.23 bits per heavy atom. The fourth-order valence-corrected chi connectivity index (χ4v) is 4.95. The number of esters is 1. The molecule has 2 aliphatic heterocycles. The molecule has 52 heavy (non-hydrogen) atoms. The number of nitrogens with one attached hydrogen (secondary N) is 4. The largest absolute Gasteiger partial charge is 0.463 e. The SMILES string of the molecule is CC(C)C(=O)OCc1ccc(NC(=O)CCCCNC(N)=O)c(OC2CC(O)CC(C=O)O2)c1.CC(C)NC(C(N)=O)C(C)C.CN1CCNCC1. The van der Waals surface area contributed by atoms with Crippen molar-refractivity contribution in [3.63, 3.8) is 0 Å². The van der Waals surface area contributed by atoms with Crippen LogP contribution in [-0.4, -0.2) is 110 Å². The maximum Gasteiger partial charge on any atom is 0.312 e. The number of hydrogen-bond donors (Lipinski definition) is 7. The molecule has 0 radical (unpaired) electrons. The van der Waals surface area contributed by atoms with Crippen LogP contribution in [0.4, 0.5) is 10.5 Å². The van der Waals surface area contributed by atoms with E-state index in [1.807, 2.05) is 27.7 Å². The van der Waals surface area contributed by atoms with E-state index in [9.17, 15) is 29.1 Å². The lowest BCUT2D eigenvalue weighted by Gasteiger charge is -2.31. The lowest BCUT2D eigenvalue weighted by atomic mass is 10.0. The van der Waals surface area contributed by atoms with E-state index in [1.54, 1.807) is 32.0 Å². The first-order valence-corrected chi connectivity index (χ1v) is 18.0. The summed E-state index contributed by atoms with van der Waals surface area (Å²) in [4.78, 5) is 59.2. The van der Waals surface area contributed by atoms with Crippen LogP contribution in [0, 0.1) is 11.8 Å². The number of carbonyl (C=O) groups is 5. The highest BCUT2D eigenvalue weighted by Crippen LogP contribution is 2.31. The second-order valence-electron chi connectivity index (χ2n) is 13.9. The molecule has 9 N–H and O–H groups in total. The van der Waals surface area contributed by atoms with Crippen LogP contribution in [0.5, 0.6) is 5.75 Å². The molecular weight excluding hydrogens is 674 g/mol. The van der Waals surface area contributed by atoms with Crippen LogP contribution < -0.4 is 37.5 Å². The Balaban J connectivity index is 0.000000609. The van der Waals surface area contributed by atoms with E-state index in [1.165, 1.54) is 13.1 Å². The van der Waals surface area contributed by atoms with Crippen molar-refractivity contribution in [3.8, 4) is 5.75 Å². The summed E-state index contributed by atoms with van der Waals surface area (Å²) in [5.74, 6) is -0.643. The molecule has 0 bridgehead atoms. The Morgan fingerprint density at radius 1 is 1.06 bits per heavy atom. The van der Waals surface area contributed by atoms with E-state index in [0.29, 0.717) is 43.0 Å². The first-order chi connectivity index (χ1) is 24.5. The second-order valence-corrected chi connectivity index (χ2v) is 13.9. The number of nitrogens with two attached hydrogens (primary N) is 2. The molecule has 0 spiro atoms. The number of piperazine rings is 1. The van der Waals surface area contributed by atoms with Crippen LogP contribution in [0.25, 0.3) is 0 Å². The number of carbonyl (C=O) groups excluding carboxylic acids is 5. The van der Waals surface area contributed by atoms with Gasteiger partial charge < -0.3 is 61.7 Å². The molecule has 1 aromatic carbocycles. The number of aliphatic hydroxyl groups is 1. The Morgan fingerprint density at radius 2 is 1.73 bits per heavy atom. The number of hydrogen-bond acceptors (Lipinski definition) is 12. The third-order valence-electron chi connectivity index (χ3n) is 7.83. The molecule has 2 aliphatic rings. The molecule has 2 saturated heterocycles. The summed E-state index contributed by atoms with van der Waals surface area (Å²) in [6.07, 6.45) is -0.198. The molecule has 0 saturated carbocycles. The lowest BCUT2D eigenvalue weighted by Crippen LogP contribution is -2.47. The number of amides is 4. The first kappa shape index (κ1) is 46.2. The number of primary amides is 2. The van der Waals surface area contributed by atoms with Crippen molar-refractivity contribution in [2.24, 2.45) is 23.3 Å². The number of unbranched alkanes of at least 4 members (excludes halogenated alkanes) is 1. The van der Waals surface area contributed by atoms with Gasteiger partial charge in [0.1, 0.15) is 24.7 Å². The molecule has 16 nitrogen and oxygen atoms in total. The molecule has 3 rings (SSSR count). The van der Waals surface area contributed by atoms with Gasteiger partial charge in [-0.2, -0.15) is 0 Å². The number of aliphatic hydroxyl groups excluding tert-OH is 1.